The number of amides is 1. The molecule has 1 aliphatic rings. The summed E-state index contributed by atoms with van der Waals surface area (Å²) in [6, 6.07) is 9.91. The fourth-order valence-electron chi connectivity index (χ4n) is 2.66. The number of carbonyl (C=O) groups excluding carboxylic acids is 1. The first-order chi connectivity index (χ1) is 13.0. The molecular weight excluding hydrogens is 386 g/mol. The number of methoxy groups -OCH3 is 3. The third-order valence-corrected chi connectivity index (χ3v) is 5.17. The molecule has 1 heterocycles. The molecule has 2 aromatic carbocycles. The van der Waals surface area contributed by atoms with E-state index in [0.29, 0.717) is 37.7 Å². The molecule has 1 aliphatic heterocycles. The third kappa shape index (κ3) is 3.72. The molecule has 6 nitrogen and oxygen atoms in total. The monoisotopic (exact) mass is 403 g/mol. The first-order valence-electron chi connectivity index (χ1n) is 7.85. The van der Waals surface area contributed by atoms with E-state index in [0.717, 1.165) is 0 Å². The molecule has 0 radical (unpaired) electrons. The van der Waals surface area contributed by atoms with Crippen molar-refractivity contribution in [2.75, 3.05) is 26.2 Å². The Morgan fingerprint density at radius 2 is 1.74 bits per heavy atom. The number of hydrogen-bond acceptors (Lipinski definition) is 7. The minimum absolute atomic E-state index is 0.0650. The van der Waals surface area contributed by atoms with Gasteiger partial charge in [0, 0.05) is 6.07 Å². The number of hydrogen-bond donors (Lipinski definition) is 1. The van der Waals surface area contributed by atoms with Crippen LogP contribution in [0.1, 0.15) is 5.56 Å². The Kier molecular flexibility index (Phi) is 5.57. The van der Waals surface area contributed by atoms with Crippen molar-refractivity contribution in [1.82, 2.24) is 0 Å². The maximum Gasteiger partial charge on any atom is 0.270 e. The number of ether oxygens (including phenoxy) is 3. The molecule has 1 N–H and O–H groups in total. The molecule has 1 amide bonds. The molecule has 140 valence electrons. The summed E-state index contributed by atoms with van der Waals surface area (Å²) < 4.78 is 16.4. The normalized spacial score (nSPS) is 15.4. The van der Waals surface area contributed by atoms with Crippen molar-refractivity contribution in [3.05, 3.63) is 46.9 Å². The number of aromatic hydroxyl groups is 1. The average molecular weight is 403 g/mol. The van der Waals surface area contributed by atoms with Crippen molar-refractivity contribution in [2.24, 2.45) is 0 Å². The molecule has 0 atom stereocenters. The Morgan fingerprint density at radius 1 is 1.07 bits per heavy atom. The molecule has 3 rings (SSSR count). The zero-order chi connectivity index (χ0) is 19.6. The zero-order valence-corrected chi connectivity index (χ0v) is 16.5. The van der Waals surface area contributed by atoms with Gasteiger partial charge in [-0.1, -0.05) is 30.0 Å². The SMILES string of the molecule is COc1cc(C=C2SC(=S)N(c3cccc(O)c3)C2=O)cc(OC)c1OC. The second kappa shape index (κ2) is 7.89. The van der Waals surface area contributed by atoms with Crippen LogP contribution in [0.4, 0.5) is 5.69 Å². The standard InChI is InChI=1S/C19H17NO5S2/c1-23-14-7-11(8-15(24-2)17(14)25-3)9-16-18(22)20(19(26)27-16)12-5-4-6-13(21)10-12/h4-10,21H,1-3H3. The van der Waals surface area contributed by atoms with Crippen molar-refractivity contribution in [1.29, 1.82) is 0 Å². The zero-order valence-electron chi connectivity index (χ0n) is 14.9. The van der Waals surface area contributed by atoms with E-state index in [2.05, 4.69) is 0 Å². The van der Waals surface area contributed by atoms with Gasteiger partial charge in [-0.15, -0.1) is 0 Å². The van der Waals surface area contributed by atoms with Crippen molar-refractivity contribution >= 4 is 46.0 Å². The fraction of sp³-hybridized carbons (Fsp3) is 0.158. The summed E-state index contributed by atoms with van der Waals surface area (Å²) in [5, 5.41) is 9.67. The predicted octanol–water partition coefficient (Wildman–Crippen LogP) is 3.82. The van der Waals surface area contributed by atoms with Crippen LogP contribution in [0.5, 0.6) is 23.0 Å². The van der Waals surface area contributed by atoms with Gasteiger partial charge in [0.1, 0.15) is 5.75 Å². The van der Waals surface area contributed by atoms with Crippen LogP contribution >= 0.6 is 24.0 Å². The second-order valence-corrected chi connectivity index (χ2v) is 7.17. The van der Waals surface area contributed by atoms with Crippen molar-refractivity contribution in [3.8, 4) is 23.0 Å². The van der Waals surface area contributed by atoms with E-state index in [9.17, 15) is 9.90 Å². The van der Waals surface area contributed by atoms with E-state index in [1.54, 1.807) is 30.3 Å². The maximum atomic E-state index is 12.8. The fourth-order valence-corrected chi connectivity index (χ4v) is 3.96. The van der Waals surface area contributed by atoms with Gasteiger partial charge in [0.25, 0.3) is 5.91 Å². The Morgan fingerprint density at radius 3 is 2.30 bits per heavy atom. The van der Waals surface area contributed by atoms with Crippen LogP contribution in [0.25, 0.3) is 6.08 Å². The highest BCUT2D eigenvalue weighted by atomic mass is 32.2. The number of phenolic OH excluding ortho intramolecular Hbond substituents is 1. The topological polar surface area (TPSA) is 68.2 Å². The van der Waals surface area contributed by atoms with Gasteiger partial charge >= 0.3 is 0 Å². The number of carbonyl (C=O) groups is 1. The molecule has 0 aromatic heterocycles. The molecule has 27 heavy (non-hydrogen) atoms. The molecule has 8 heteroatoms. The molecule has 0 unspecified atom stereocenters. The van der Waals surface area contributed by atoms with Crippen LogP contribution in [0.2, 0.25) is 0 Å². The number of nitrogens with zero attached hydrogens (tertiary/aromatic N) is 1. The number of anilines is 1. The average Bonchev–Trinajstić information content (AvgIpc) is 2.94. The predicted molar refractivity (Wildman–Crippen MR) is 110 cm³/mol. The van der Waals surface area contributed by atoms with E-state index >= 15 is 0 Å². The Balaban J connectivity index is 1.99. The molecule has 0 saturated carbocycles. The first kappa shape index (κ1) is 19.1. The number of thiocarbonyl (C=S) groups is 1. The van der Waals surface area contributed by atoms with Crippen molar-refractivity contribution in [3.63, 3.8) is 0 Å². The van der Waals surface area contributed by atoms with Crippen LogP contribution in [0.15, 0.2) is 41.3 Å². The highest BCUT2D eigenvalue weighted by molar-refractivity contribution is 8.27. The highest BCUT2D eigenvalue weighted by Gasteiger charge is 2.33. The van der Waals surface area contributed by atoms with Crippen LogP contribution in [0.3, 0.4) is 0 Å². The summed E-state index contributed by atoms with van der Waals surface area (Å²) in [7, 11) is 4.59. The van der Waals surface area contributed by atoms with Crippen molar-refractivity contribution in [2.45, 2.75) is 0 Å². The lowest BCUT2D eigenvalue weighted by atomic mass is 10.1. The van der Waals surface area contributed by atoms with E-state index in [4.69, 9.17) is 26.4 Å². The van der Waals surface area contributed by atoms with Gasteiger partial charge in [-0.05, 0) is 35.9 Å². The lowest BCUT2D eigenvalue weighted by Gasteiger charge is -2.14. The number of phenols is 1. The van der Waals surface area contributed by atoms with Gasteiger partial charge < -0.3 is 19.3 Å². The molecular formula is C19H17NO5S2. The van der Waals surface area contributed by atoms with Crippen LogP contribution < -0.4 is 19.1 Å². The summed E-state index contributed by atoms with van der Waals surface area (Å²) in [4.78, 5) is 14.7. The summed E-state index contributed by atoms with van der Waals surface area (Å²) in [6.07, 6.45) is 1.71. The summed E-state index contributed by atoms with van der Waals surface area (Å²) >= 11 is 6.54. The van der Waals surface area contributed by atoms with E-state index in [-0.39, 0.29) is 11.7 Å². The van der Waals surface area contributed by atoms with Gasteiger partial charge in [0.2, 0.25) is 5.75 Å². The Labute approximate surface area is 166 Å². The molecule has 0 aliphatic carbocycles. The van der Waals surface area contributed by atoms with Gasteiger partial charge in [-0.25, -0.2) is 0 Å². The number of thioether (sulfide) groups is 1. The summed E-state index contributed by atoms with van der Waals surface area (Å²) in [6.45, 7) is 0. The highest BCUT2D eigenvalue weighted by Crippen LogP contribution is 2.41. The molecule has 1 saturated heterocycles. The third-order valence-electron chi connectivity index (χ3n) is 3.87. The Bertz CT molecular complexity index is 916. The molecule has 0 bridgehead atoms. The summed E-state index contributed by atoms with van der Waals surface area (Å²) in [5.41, 5.74) is 1.23. The minimum atomic E-state index is -0.260. The van der Waals surface area contributed by atoms with Crippen LogP contribution in [0, 0.1) is 0 Å². The van der Waals surface area contributed by atoms with Gasteiger partial charge in [0.05, 0.1) is 31.9 Å². The van der Waals surface area contributed by atoms with Gasteiger partial charge in [-0.2, -0.15) is 0 Å². The quantitative estimate of drug-likeness (QED) is 0.601. The maximum absolute atomic E-state index is 12.8. The molecule has 2 aromatic rings. The Hall–Kier alpha value is -2.71. The number of benzene rings is 2. The molecule has 1 fully saturated rings. The van der Waals surface area contributed by atoms with Crippen molar-refractivity contribution < 1.29 is 24.1 Å². The second-order valence-electron chi connectivity index (χ2n) is 5.50. The van der Waals surface area contributed by atoms with Gasteiger partial charge in [-0.3, -0.25) is 9.69 Å². The first-order valence-corrected chi connectivity index (χ1v) is 9.08. The van der Waals surface area contributed by atoms with E-state index in [1.807, 2.05) is 0 Å². The van der Waals surface area contributed by atoms with E-state index in [1.165, 1.54) is 50.1 Å². The summed E-state index contributed by atoms with van der Waals surface area (Å²) in [5.74, 6) is 1.27. The van der Waals surface area contributed by atoms with Gasteiger partial charge in [0.15, 0.2) is 15.8 Å². The largest absolute Gasteiger partial charge is 0.508 e. The minimum Gasteiger partial charge on any atom is -0.508 e. The molecule has 0 spiro atoms. The van der Waals surface area contributed by atoms with E-state index < -0.39 is 0 Å². The van der Waals surface area contributed by atoms with Crippen LogP contribution in [-0.4, -0.2) is 36.7 Å². The lowest BCUT2D eigenvalue weighted by molar-refractivity contribution is -0.113. The van der Waals surface area contributed by atoms with Crippen LogP contribution in [-0.2, 0) is 4.79 Å². The number of rotatable bonds is 5. The smallest absolute Gasteiger partial charge is 0.270 e. The lowest BCUT2D eigenvalue weighted by Crippen LogP contribution is -2.27.